The summed E-state index contributed by atoms with van der Waals surface area (Å²) in [5.74, 6) is -0.0301. The van der Waals surface area contributed by atoms with Crippen LogP contribution in [0.25, 0.3) is 0 Å². The van der Waals surface area contributed by atoms with E-state index < -0.39 is 15.6 Å². The van der Waals surface area contributed by atoms with E-state index >= 15 is 0 Å². The van der Waals surface area contributed by atoms with Crippen molar-refractivity contribution in [3.8, 4) is 0 Å². The van der Waals surface area contributed by atoms with Crippen LogP contribution in [-0.4, -0.2) is 46.8 Å². The van der Waals surface area contributed by atoms with Gasteiger partial charge >= 0.3 is 0 Å². The number of nitrogens with two attached hydrogens (primary N) is 1. The minimum Gasteiger partial charge on any atom is -0.394 e. The van der Waals surface area contributed by atoms with Crippen molar-refractivity contribution in [3.63, 3.8) is 0 Å². The summed E-state index contributed by atoms with van der Waals surface area (Å²) >= 11 is 0. The van der Waals surface area contributed by atoms with Crippen molar-refractivity contribution < 1.29 is 13.5 Å². The molecule has 0 saturated carbocycles. The van der Waals surface area contributed by atoms with Crippen LogP contribution >= 0.6 is 0 Å². The third-order valence-corrected chi connectivity index (χ3v) is 5.04. The summed E-state index contributed by atoms with van der Waals surface area (Å²) in [6.07, 6.45) is 1.40. The first kappa shape index (κ1) is 14.9. The molecule has 0 aliphatic rings. The predicted octanol–water partition coefficient (Wildman–Crippen LogP) is -0.123. The second-order valence-electron chi connectivity index (χ2n) is 4.68. The lowest BCUT2D eigenvalue weighted by Crippen LogP contribution is -2.47. The Kier molecular flexibility index (Phi) is 4.04. The molecule has 0 radical (unpaired) electrons. The maximum atomic E-state index is 12.4. The Bertz CT molecular complexity index is 521. The number of sulfonamides is 1. The SMILES string of the molecule is CCn1cc(S(=O)(=O)N(C)C(C)(C)CO)c(N)n1. The molecule has 0 atom stereocenters. The molecular weight excluding hydrogens is 256 g/mol. The number of likely N-dealkylation sites (N-methyl/N-ethyl adjacent to an activating group) is 1. The van der Waals surface area contributed by atoms with Crippen LogP contribution in [0.2, 0.25) is 0 Å². The maximum Gasteiger partial charge on any atom is 0.248 e. The molecule has 0 aliphatic carbocycles. The Labute approximate surface area is 107 Å². The van der Waals surface area contributed by atoms with E-state index in [4.69, 9.17) is 5.73 Å². The van der Waals surface area contributed by atoms with E-state index in [2.05, 4.69) is 5.10 Å². The van der Waals surface area contributed by atoms with Crippen LogP contribution < -0.4 is 5.73 Å². The fourth-order valence-electron chi connectivity index (χ4n) is 1.35. The summed E-state index contributed by atoms with van der Waals surface area (Å²) in [6, 6.07) is 0. The number of anilines is 1. The van der Waals surface area contributed by atoms with Crippen LogP contribution in [0.4, 0.5) is 5.82 Å². The molecule has 0 spiro atoms. The average Bonchev–Trinajstić information content (AvgIpc) is 2.70. The van der Waals surface area contributed by atoms with Gasteiger partial charge in [-0.1, -0.05) is 0 Å². The van der Waals surface area contributed by atoms with Crippen molar-refractivity contribution in [2.45, 2.75) is 37.8 Å². The standard InChI is InChI=1S/C10H20N4O3S/c1-5-14-6-8(9(11)12-14)18(16,17)13(4)10(2,3)7-15/h6,15H,5,7H2,1-4H3,(H2,11,12). The highest BCUT2D eigenvalue weighted by Gasteiger charge is 2.35. The number of aliphatic hydroxyl groups excluding tert-OH is 1. The highest BCUT2D eigenvalue weighted by Crippen LogP contribution is 2.25. The fourth-order valence-corrected chi connectivity index (χ4v) is 2.91. The Morgan fingerprint density at radius 2 is 2.11 bits per heavy atom. The molecule has 1 aromatic rings. The predicted molar refractivity (Wildman–Crippen MR) is 68.4 cm³/mol. The van der Waals surface area contributed by atoms with Crippen LogP contribution in [0.15, 0.2) is 11.1 Å². The maximum absolute atomic E-state index is 12.4. The van der Waals surface area contributed by atoms with Crippen LogP contribution in [0.3, 0.4) is 0 Å². The summed E-state index contributed by atoms with van der Waals surface area (Å²) in [5.41, 5.74) is 4.72. The highest BCUT2D eigenvalue weighted by atomic mass is 32.2. The minimum atomic E-state index is -3.76. The Hall–Kier alpha value is -1.12. The van der Waals surface area contributed by atoms with Gasteiger partial charge in [-0.15, -0.1) is 0 Å². The number of nitrogen functional groups attached to an aromatic ring is 1. The molecule has 1 aromatic heterocycles. The Balaban J connectivity index is 3.25. The van der Waals surface area contributed by atoms with Crippen LogP contribution in [0.1, 0.15) is 20.8 Å². The molecule has 1 rings (SSSR count). The van der Waals surface area contributed by atoms with Gasteiger partial charge in [-0.25, -0.2) is 8.42 Å². The lowest BCUT2D eigenvalue weighted by molar-refractivity contribution is 0.138. The summed E-state index contributed by atoms with van der Waals surface area (Å²) in [6.45, 7) is 5.34. The molecule has 0 aromatic carbocycles. The normalized spacial score (nSPS) is 13.2. The number of hydrogen-bond acceptors (Lipinski definition) is 5. The monoisotopic (exact) mass is 276 g/mol. The number of rotatable bonds is 5. The van der Waals surface area contributed by atoms with Crippen molar-refractivity contribution in [3.05, 3.63) is 6.20 Å². The van der Waals surface area contributed by atoms with Gasteiger partial charge in [0.15, 0.2) is 5.82 Å². The molecule has 7 nitrogen and oxygen atoms in total. The van der Waals surface area contributed by atoms with Gasteiger partial charge in [-0.2, -0.15) is 9.40 Å². The third-order valence-electron chi connectivity index (χ3n) is 2.96. The quantitative estimate of drug-likeness (QED) is 0.780. The van der Waals surface area contributed by atoms with Gasteiger partial charge < -0.3 is 10.8 Å². The van der Waals surface area contributed by atoms with Crippen molar-refractivity contribution in [2.24, 2.45) is 0 Å². The number of aryl methyl sites for hydroxylation is 1. The van der Waals surface area contributed by atoms with Crippen LogP contribution in [-0.2, 0) is 16.6 Å². The number of nitrogens with zero attached hydrogens (tertiary/aromatic N) is 3. The van der Waals surface area contributed by atoms with Crippen LogP contribution in [0.5, 0.6) is 0 Å². The Morgan fingerprint density at radius 1 is 1.56 bits per heavy atom. The molecule has 8 heteroatoms. The summed E-state index contributed by atoms with van der Waals surface area (Å²) in [4.78, 5) is -0.0339. The van der Waals surface area contributed by atoms with Gasteiger partial charge in [0.25, 0.3) is 0 Å². The molecule has 18 heavy (non-hydrogen) atoms. The van der Waals surface area contributed by atoms with E-state index in [1.165, 1.54) is 17.9 Å². The zero-order valence-electron chi connectivity index (χ0n) is 11.1. The summed E-state index contributed by atoms with van der Waals surface area (Å²) < 4.78 is 27.3. The van der Waals surface area contributed by atoms with Crippen molar-refractivity contribution >= 4 is 15.8 Å². The van der Waals surface area contributed by atoms with E-state index in [1.54, 1.807) is 13.8 Å². The number of aromatic nitrogens is 2. The van der Waals surface area contributed by atoms with Crippen LogP contribution in [0, 0.1) is 0 Å². The van der Waals surface area contributed by atoms with Crippen molar-refractivity contribution in [2.75, 3.05) is 19.4 Å². The smallest absolute Gasteiger partial charge is 0.248 e. The van der Waals surface area contributed by atoms with Gasteiger partial charge in [0.1, 0.15) is 4.90 Å². The number of hydrogen-bond donors (Lipinski definition) is 2. The molecule has 0 saturated heterocycles. The summed E-state index contributed by atoms with van der Waals surface area (Å²) in [5, 5.41) is 13.1. The highest BCUT2D eigenvalue weighted by molar-refractivity contribution is 7.89. The van der Waals surface area contributed by atoms with E-state index in [9.17, 15) is 13.5 Å². The van der Waals surface area contributed by atoms with Gasteiger partial charge in [-0.05, 0) is 20.8 Å². The van der Waals surface area contributed by atoms with Gasteiger partial charge in [-0.3, -0.25) is 4.68 Å². The second kappa shape index (κ2) is 4.87. The first-order valence-electron chi connectivity index (χ1n) is 5.59. The van der Waals surface area contributed by atoms with Gasteiger partial charge in [0, 0.05) is 19.8 Å². The molecule has 0 unspecified atom stereocenters. The van der Waals surface area contributed by atoms with E-state index in [0.717, 1.165) is 4.31 Å². The van der Waals surface area contributed by atoms with E-state index in [1.807, 2.05) is 6.92 Å². The molecule has 0 fully saturated rings. The molecule has 0 bridgehead atoms. The molecule has 104 valence electrons. The summed E-state index contributed by atoms with van der Waals surface area (Å²) in [7, 11) is -2.35. The lowest BCUT2D eigenvalue weighted by atomic mass is 10.1. The molecule has 3 N–H and O–H groups in total. The zero-order chi connectivity index (χ0) is 14.1. The molecule has 1 heterocycles. The largest absolute Gasteiger partial charge is 0.394 e. The van der Waals surface area contributed by atoms with E-state index in [-0.39, 0.29) is 17.3 Å². The minimum absolute atomic E-state index is 0.0301. The topological polar surface area (TPSA) is 101 Å². The molecular formula is C10H20N4O3S. The lowest BCUT2D eigenvalue weighted by Gasteiger charge is -2.32. The van der Waals surface area contributed by atoms with Crippen molar-refractivity contribution in [1.29, 1.82) is 0 Å². The first-order chi connectivity index (χ1) is 8.16. The van der Waals surface area contributed by atoms with Gasteiger partial charge in [0.05, 0.1) is 12.1 Å². The average molecular weight is 276 g/mol. The van der Waals surface area contributed by atoms with Crippen molar-refractivity contribution in [1.82, 2.24) is 14.1 Å². The fraction of sp³-hybridized carbons (Fsp3) is 0.700. The number of aliphatic hydroxyl groups is 1. The molecule has 0 amide bonds. The molecule has 0 aliphatic heterocycles. The zero-order valence-corrected chi connectivity index (χ0v) is 11.9. The van der Waals surface area contributed by atoms with E-state index in [0.29, 0.717) is 6.54 Å². The van der Waals surface area contributed by atoms with Gasteiger partial charge in [0.2, 0.25) is 10.0 Å². The Morgan fingerprint density at radius 3 is 2.50 bits per heavy atom. The second-order valence-corrected chi connectivity index (χ2v) is 6.62. The first-order valence-corrected chi connectivity index (χ1v) is 7.03. The third kappa shape index (κ3) is 2.50.